The number of likely N-dealkylation sites (tertiary alicyclic amines) is 1. The Morgan fingerprint density at radius 3 is 2.42 bits per heavy atom. The summed E-state index contributed by atoms with van der Waals surface area (Å²) >= 11 is 0. The van der Waals surface area contributed by atoms with Crippen molar-refractivity contribution >= 4 is 0 Å². The van der Waals surface area contributed by atoms with Gasteiger partial charge in [-0.25, -0.2) is 0 Å². The molecule has 1 heterocycles. The van der Waals surface area contributed by atoms with Gasteiger partial charge in [0.25, 0.3) is 0 Å². The van der Waals surface area contributed by atoms with Gasteiger partial charge in [0.05, 0.1) is 0 Å². The Bertz CT molecular complexity index is 383. The van der Waals surface area contributed by atoms with Gasteiger partial charge in [-0.05, 0) is 42.3 Å². The Morgan fingerprint density at radius 2 is 1.95 bits per heavy atom. The fraction of sp³-hybridized carbons (Fsp3) is 0.647. The summed E-state index contributed by atoms with van der Waals surface area (Å²) in [5.41, 5.74) is 8.82. The zero-order valence-corrected chi connectivity index (χ0v) is 12.6. The van der Waals surface area contributed by atoms with Crippen molar-refractivity contribution in [1.29, 1.82) is 0 Å². The summed E-state index contributed by atoms with van der Waals surface area (Å²) in [5, 5.41) is 0. The molecule has 1 saturated heterocycles. The minimum atomic E-state index is 0.398. The lowest BCUT2D eigenvalue weighted by molar-refractivity contribution is 0.232. The van der Waals surface area contributed by atoms with Crippen molar-refractivity contribution in [2.45, 2.75) is 39.7 Å². The van der Waals surface area contributed by atoms with Crippen LogP contribution in [-0.2, 0) is 6.42 Å². The molecule has 0 spiro atoms. The summed E-state index contributed by atoms with van der Waals surface area (Å²) in [7, 11) is 0. The lowest BCUT2D eigenvalue weighted by Crippen LogP contribution is -2.32. The van der Waals surface area contributed by atoms with Gasteiger partial charge < -0.3 is 5.73 Å². The molecule has 0 saturated carbocycles. The highest BCUT2D eigenvalue weighted by Crippen LogP contribution is 2.30. The van der Waals surface area contributed by atoms with Crippen molar-refractivity contribution in [1.82, 2.24) is 4.90 Å². The molecule has 19 heavy (non-hydrogen) atoms. The van der Waals surface area contributed by atoms with Crippen molar-refractivity contribution in [2.75, 3.05) is 19.6 Å². The molecule has 0 bridgehead atoms. The molecule has 2 unspecified atom stereocenters. The number of nitrogens with zero attached hydrogens (tertiary/aromatic N) is 1. The van der Waals surface area contributed by atoms with Crippen molar-refractivity contribution < 1.29 is 0 Å². The number of benzene rings is 1. The van der Waals surface area contributed by atoms with Crippen LogP contribution in [0.15, 0.2) is 24.3 Å². The zero-order chi connectivity index (χ0) is 13.8. The number of hydrogen-bond acceptors (Lipinski definition) is 2. The fourth-order valence-electron chi connectivity index (χ4n) is 3.11. The van der Waals surface area contributed by atoms with Crippen LogP contribution in [0.5, 0.6) is 0 Å². The molecule has 0 aromatic heterocycles. The molecule has 1 aromatic rings. The average molecular weight is 260 g/mol. The largest absolute Gasteiger partial charge is 0.329 e. The molecule has 0 amide bonds. The maximum absolute atomic E-state index is 6.04. The van der Waals surface area contributed by atoms with Crippen molar-refractivity contribution in [3.8, 4) is 0 Å². The molecular weight excluding hydrogens is 232 g/mol. The van der Waals surface area contributed by atoms with Gasteiger partial charge in [0, 0.05) is 19.1 Å². The van der Waals surface area contributed by atoms with Crippen LogP contribution in [0.4, 0.5) is 0 Å². The second-order valence-electron chi connectivity index (χ2n) is 6.13. The molecule has 2 nitrogen and oxygen atoms in total. The molecule has 1 aliphatic rings. The molecule has 1 aromatic carbocycles. The molecule has 2 N–H and O–H groups in total. The Labute approximate surface area is 118 Å². The highest BCUT2D eigenvalue weighted by atomic mass is 15.2. The van der Waals surface area contributed by atoms with E-state index >= 15 is 0 Å². The Hall–Kier alpha value is -0.860. The summed E-state index contributed by atoms with van der Waals surface area (Å²) < 4.78 is 0. The first-order valence-corrected chi connectivity index (χ1v) is 7.68. The molecule has 0 aliphatic carbocycles. The van der Waals surface area contributed by atoms with Gasteiger partial charge in [-0.15, -0.1) is 0 Å². The third-order valence-electron chi connectivity index (χ3n) is 4.64. The van der Waals surface area contributed by atoms with E-state index < -0.39 is 0 Å². The lowest BCUT2D eigenvalue weighted by atomic mass is 9.95. The van der Waals surface area contributed by atoms with Gasteiger partial charge >= 0.3 is 0 Å². The van der Waals surface area contributed by atoms with Gasteiger partial charge in [-0.1, -0.05) is 45.0 Å². The molecule has 2 rings (SSSR count). The minimum Gasteiger partial charge on any atom is -0.329 e. The first-order valence-electron chi connectivity index (χ1n) is 7.68. The van der Waals surface area contributed by atoms with Crippen molar-refractivity contribution in [3.05, 3.63) is 35.4 Å². The number of rotatable bonds is 5. The van der Waals surface area contributed by atoms with E-state index in [0.29, 0.717) is 6.04 Å². The van der Waals surface area contributed by atoms with Gasteiger partial charge in [0.15, 0.2) is 0 Å². The molecule has 1 fully saturated rings. The minimum absolute atomic E-state index is 0.398. The fourth-order valence-corrected chi connectivity index (χ4v) is 3.11. The van der Waals surface area contributed by atoms with Crippen LogP contribution in [0.1, 0.15) is 44.4 Å². The van der Waals surface area contributed by atoms with Crippen LogP contribution in [0.25, 0.3) is 0 Å². The van der Waals surface area contributed by atoms with Crippen LogP contribution in [0, 0.1) is 11.8 Å². The predicted octanol–water partition coefficient (Wildman–Crippen LogP) is 3.23. The van der Waals surface area contributed by atoms with E-state index in [2.05, 4.69) is 49.9 Å². The quantitative estimate of drug-likeness (QED) is 0.880. The molecule has 0 radical (unpaired) electrons. The van der Waals surface area contributed by atoms with E-state index in [9.17, 15) is 0 Å². The average Bonchev–Trinajstić information content (AvgIpc) is 2.90. The van der Waals surface area contributed by atoms with E-state index in [1.54, 1.807) is 0 Å². The molecule has 1 aliphatic heterocycles. The second-order valence-corrected chi connectivity index (χ2v) is 6.13. The van der Waals surface area contributed by atoms with E-state index in [1.165, 1.54) is 30.6 Å². The van der Waals surface area contributed by atoms with Crippen LogP contribution >= 0.6 is 0 Å². The third-order valence-corrected chi connectivity index (χ3v) is 4.64. The summed E-state index contributed by atoms with van der Waals surface area (Å²) in [4.78, 5) is 2.58. The SMILES string of the molecule is CCc1ccc(C(CN)N2CCC(C(C)C)C2)cc1. The predicted molar refractivity (Wildman–Crippen MR) is 82.1 cm³/mol. The number of aryl methyl sites for hydroxylation is 1. The lowest BCUT2D eigenvalue weighted by Gasteiger charge is -2.28. The van der Waals surface area contributed by atoms with Gasteiger partial charge in [-0.3, -0.25) is 4.90 Å². The first kappa shape index (κ1) is 14.5. The van der Waals surface area contributed by atoms with Gasteiger partial charge in [-0.2, -0.15) is 0 Å². The van der Waals surface area contributed by atoms with Crippen molar-refractivity contribution in [2.24, 2.45) is 17.6 Å². The van der Waals surface area contributed by atoms with Crippen molar-refractivity contribution in [3.63, 3.8) is 0 Å². The Balaban J connectivity index is 2.07. The third kappa shape index (κ3) is 3.37. The Kier molecular flexibility index (Phi) is 5.00. The van der Waals surface area contributed by atoms with Gasteiger partial charge in [0.2, 0.25) is 0 Å². The van der Waals surface area contributed by atoms with E-state index in [4.69, 9.17) is 5.73 Å². The highest BCUT2D eigenvalue weighted by molar-refractivity contribution is 5.25. The van der Waals surface area contributed by atoms with Crippen LogP contribution in [-0.4, -0.2) is 24.5 Å². The summed E-state index contributed by atoms with van der Waals surface area (Å²) in [6, 6.07) is 9.41. The number of nitrogens with two attached hydrogens (primary N) is 1. The standard InChI is InChI=1S/C17H28N2/c1-4-14-5-7-15(8-6-14)17(11-18)19-10-9-16(12-19)13(2)3/h5-8,13,16-17H,4,9-12,18H2,1-3H3. The summed E-state index contributed by atoms with van der Waals surface area (Å²) in [5.74, 6) is 1.62. The van der Waals surface area contributed by atoms with E-state index in [-0.39, 0.29) is 0 Å². The Morgan fingerprint density at radius 1 is 1.26 bits per heavy atom. The summed E-state index contributed by atoms with van der Waals surface area (Å²) in [6.45, 7) is 9.98. The van der Waals surface area contributed by atoms with Crippen LogP contribution in [0.3, 0.4) is 0 Å². The summed E-state index contributed by atoms with van der Waals surface area (Å²) in [6.07, 6.45) is 2.42. The van der Waals surface area contributed by atoms with E-state index in [0.717, 1.165) is 24.8 Å². The monoisotopic (exact) mass is 260 g/mol. The highest BCUT2D eigenvalue weighted by Gasteiger charge is 2.29. The normalized spacial score (nSPS) is 22.1. The molecular formula is C17H28N2. The number of hydrogen-bond donors (Lipinski definition) is 1. The maximum atomic E-state index is 6.04. The maximum Gasteiger partial charge on any atom is 0.0470 e. The van der Waals surface area contributed by atoms with Crippen LogP contribution in [0.2, 0.25) is 0 Å². The molecule has 2 heteroatoms. The molecule has 106 valence electrons. The topological polar surface area (TPSA) is 29.3 Å². The van der Waals surface area contributed by atoms with Gasteiger partial charge in [0.1, 0.15) is 0 Å². The molecule has 2 atom stereocenters. The second kappa shape index (κ2) is 6.53. The van der Waals surface area contributed by atoms with Crippen LogP contribution < -0.4 is 5.73 Å². The smallest absolute Gasteiger partial charge is 0.0470 e. The van der Waals surface area contributed by atoms with E-state index in [1.807, 2.05) is 0 Å². The zero-order valence-electron chi connectivity index (χ0n) is 12.6. The first-order chi connectivity index (χ1) is 9.15.